The fraction of sp³-hybridized carbons (Fsp3) is 1.00. The molecule has 2 atom stereocenters. The first kappa shape index (κ1) is 12.3. The Morgan fingerprint density at radius 2 is 2.06 bits per heavy atom. The van der Waals surface area contributed by atoms with Gasteiger partial charge >= 0.3 is 0 Å². The lowest BCUT2D eigenvalue weighted by molar-refractivity contribution is 0.0616. The van der Waals surface area contributed by atoms with E-state index in [1.165, 1.54) is 19.3 Å². The van der Waals surface area contributed by atoms with Crippen molar-refractivity contribution in [2.24, 2.45) is 11.3 Å². The third-order valence-corrected chi connectivity index (χ3v) is 3.93. The number of halogens is 1. The van der Waals surface area contributed by atoms with Gasteiger partial charge in [0.05, 0.1) is 0 Å². The Morgan fingerprint density at radius 3 is 2.50 bits per heavy atom. The highest BCUT2D eigenvalue weighted by molar-refractivity contribution is 4.98. The van der Waals surface area contributed by atoms with E-state index < -0.39 is 6.17 Å². The van der Waals surface area contributed by atoms with Crippen molar-refractivity contribution in [2.75, 3.05) is 26.7 Å². The maximum Gasteiger partial charge on any atom is 0.140 e. The average molecular weight is 229 g/mol. The van der Waals surface area contributed by atoms with Crippen LogP contribution in [-0.4, -0.2) is 43.9 Å². The van der Waals surface area contributed by atoms with Crippen LogP contribution >= 0.6 is 0 Å². The molecule has 0 aromatic carbocycles. The quantitative estimate of drug-likeness (QED) is 0.718. The second-order valence-corrected chi connectivity index (χ2v) is 6.08. The van der Waals surface area contributed by atoms with Gasteiger partial charge in [0.25, 0.3) is 0 Å². The molecule has 0 aromatic rings. The molecule has 0 unspecified atom stereocenters. The molecule has 0 spiro atoms. The highest BCUT2D eigenvalue weighted by Crippen LogP contribution is 2.51. The Kier molecular flexibility index (Phi) is 3.55. The standard InChI is InChI=1S/C13H24FNO/c1-10(2)6-13(4-5-13)9-15-7-11(14)12(8-15)16-3/h10-12H,4-9H2,1-3H3/t11-,12-/m1/s1. The van der Waals surface area contributed by atoms with Crippen LogP contribution in [0.25, 0.3) is 0 Å². The lowest BCUT2D eigenvalue weighted by Crippen LogP contribution is -2.30. The molecule has 0 N–H and O–H groups in total. The molecule has 2 nitrogen and oxygen atoms in total. The van der Waals surface area contributed by atoms with E-state index in [0.717, 1.165) is 19.0 Å². The number of ether oxygens (including phenoxy) is 1. The van der Waals surface area contributed by atoms with Crippen LogP contribution in [0.3, 0.4) is 0 Å². The summed E-state index contributed by atoms with van der Waals surface area (Å²) in [5, 5.41) is 0. The molecule has 94 valence electrons. The van der Waals surface area contributed by atoms with E-state index in [9.17, 15) is 4.39 Å². The molecule has 1 aliphatic heterocycles. The van der Waals surface area contributed by atoms with Crippen molar-refractivity contribution in [3.05, 3.63) is 0 Å². The second kappa shape index (κ2) is 4.61. The zero-order chi connectivity index (χ0) is 11.8. The van der Waals surface area contributed by atoms with Gasteiger partial charge in [0.15, 0.2) is 0 Å². The van der Waals surface area contributed by atoms with Gasteiger partial charge in [-0.25, -0.2) is 4.39 Å². The number of methoxy groups -OCH3 is 1. The Labute approximate surface area is 98.1 Å². The molecule has 0 radical (unpaired) electrons. The van der Waals surface area contributed by atoms with Gasteiger partial charge < -0.3 is 4.74 Å². The summed E-state index contributed by atoms with van der Waals surface area (Å²) in [4.78, 5) is 2.26. The number of hydrogen-bond acceptors (Lipinski definition) is 2. The van der Waals surface area contributed by atoms with Crippen LogP contribution in [0.5, 0.6) is 0 Å². The topological polar surface area (TPSA) is 12.5 Å². The van der Waals surface area contributed by atoms with E-state index in [1.54, 1.807) is 7.11 Å². The summed E-state index contributed by atoms with van der Waals surface area (Å²) in [5.41, 5.74) is 0.510. The average Bonchev–Trinajstić information content (AvgIpc) is 2.82. The zero-order valence-corrected chi connectivity index (χ0v) is 10.7. The molecule has 2 fully saturated rings. The van der Waals surface area contributed by atoms with Gasteiger partial charge in [-0.05, 0) is 30.6 Å². The van der Waals surface area contributed by atoms with Gasteiger partial charge in [0.2, 0.25) is 0 Å². The maximum atomic E-state index is 13.5. The lowest BCUT2D eigenvalue weighted by atomic mass is 9.94. The van der Waals surface area contributed by atoms with Gasteiger partial charge in [-0.2, -0.15) is 0 Å². The van der Waals surface area contributed by atoms with Crippen LogP contribution in [0.1, 0.15) is 33.1 Å². The van der Waals surface area contributed by atoms with Gasteiger partial charge in [0, 0.05) is 26.7 Å². The monoisotopic (exact) mass is 229 g/mol. The van der Waals surface area contributed by atoms with Crippen LogP contribution in [-0.2, 0) is 4.74 Å². The largest absolute Gasteiger partial charge is 0.377 e. The molecule has 2 aliphatic rings. The van der Waals surface area contributed by atoms with Gasteiger partial charge in [0.1, 0.15) is 12.3 Å². The van der Waals surface area contributed by atoms with Crippen LogP contribution < -0.4 is 0 Å². The third kappa shape index (κ3) is 2.75. The Bertz CT molecular complexity index is 240. The Balaban J connectivity index is 1.82. The lowest BCUT2D eigenvalue weighted by Gasteiger charge is -2.24. The van der Waals surface area contributed by atoms with E-state index in [1.807, 2.05) is 0 Å². The van der Waals surface area contributed by atoms with Crippen molar-refractivity contribution in [1.29, 1.82) is 0 Å². The molecule has 1 saturated heterocycles. The third-order valence-electron chi connectivity index (χ3n) is 3.93. The van der Waals surface area contributed by atoms with Gasteiger partial charge in [-0.1, -0.05) is 13.8 Å². The molecule has 3 heteroatoms. The molecule has 1 heterocycles. The van der Waals surface area contributed by atoms with Crippen molar-refractivity contribution < 1.29 is 9.13 Å². The van der Waals surface area contributed by atoms with Crippen molar-refractivity contribution in [3.8, 4) is 0 Å². The molecule has 0 amide bonds. The SMILES string of the molecule is CO[C@@H]1CN(CC2(CC(C)C)CC2)C[C@H]1F. The highest BCUT2D eigenvalue weighted by Gasteiger charge is 2.46. The molecular weight excluding hydrogens is 205 g/mol. The Hall–Kier alpha value is -0.150. The predicted molar refractivity (Wildman–Crippen MR) is 63.3 cm³/mol. The number of hydrogen-bond donors (Lipinski definition) is 0. The number of rotatable bonds is 5. The van der Waals surface area contributed by atoms with Gasteiger partial charge in [-0.3, -0.25) is 4.90 Å². The van der Waals surface area contributed by atoms with Crippen molar-refractivity contribution in [3.63, 3.8) is 0 Å². The number of likely N-dealkylation sites (tertiary alicyclic amines) is 1. The summed E-state index contributed by atoms with van der Waals surface area (Å²) in [6.45, 7) is 6.97. The summed E-state index contributed by atoms with van der Waals surface area (Å²) in [6.07, 6.45) is 2.96. The first-order valence-electron chi connectivity index (χ1n) is 6.44. The highest BCUT2D eigenvalue weighted by atomic mass is 19.1. The normalized spacial score (nSPS) is 33.6. The van der Waals surface area contributed by atoms with E-state index >= 15 is 0 Å². The molecule has 16 heavy (non-hydrogen) atoms. The Morgan fingerprint density at radius 1 is 1.38 bits per heavy atom. The summed E-state index contributed by atoms with van der Waals surface area (Å²) >= 11 is 0. The molecule has 0 aromatic heterocycles. The van der Waals surface area contributed by atoms with Crippen LogP contribution in [0, 0.1) is 11.3 Å². The van der Waals surface area contributed by atoms with E-state index in [-0.39, 0.29) is 6.10 Å². The molecule has 1 aliphatic carbocycles. The summed E-state index contributed by atoms with van der Waals surface area (Å²) in [6, 6.07) is 0. The molecule has 2 rings (SSSR count). The predicted octanol–water partition coefficient (Wildman–Crippen LogP) is 2.48. The molecule has 0 bridgehead atoms. The minimum atomic E-state index is -0.792. The summed E-state index contributed by atoms with van der Waals surface area (Å²) in [5.74, 6) is 0.754. The first-order chi connectivity index (χ1) is 7.54. The minimum Gasteiger partial charge on any atom is -0.377 e. The second-order valence-electron chi connectivity index (χ2n) is 6.08. The summed E-state index contributed by atoms with van der Waals surface area (Å²) in [7, 11) is 1.61. The number of nitrogens with zero attached hydrogens (tertiary/aromatic N) is 1. The van der Waals surface area contributed by atoms with Crippen LogP contribution in [0.15, 0.2) is 0 Å². The van der Waals surface area contributed by atoms with Crippen molar-refractivity contribution >= 4 is 0 Å². The van der Waals surface area contributed by atoms with Gasteiger partial charge in [-0.15, -0.1) is 0 Å². The molecular formula is C13H24FNO. The fourth-order valence-corrected chi connectivity index (χ4v) is 3.10. The fourth-order valence-electron chi connectivity index (χ4n) is 3.10. The van der Waals surface area contributed by atoms with Crippen LogP contribution in [0.4, 0.5) is 4.39 Å². The number of alkyl halides is 1. The minimum absolute atomic E-state index is 0.199. The van der Waals surface area contributed by atoms with E-state index in [2.05, 4.69) is 18.7 Å². The van der Waals surface area contributed by atoms with E-state index in [4.69, 9.17) is 4.74 Å². The summed E-state index contributed by atoms with van der Waals surface area (Å²) < 4.78 is 18.7. The smallest absolute Gasteiger partial charge is 0.140 e. The van der Waals surface area contributed by atoms with Crippen molar-refractivity contribution in [1.82, 2.24) is 4.90 Å². The van der Waals surface area contributed by atoms with Crippen molar-refractivity contribution in [2.45, 2.75) is 45.4 Å². The van der Waals surface area contributed by atoms with E-state index in [0.29, 0.717) is 12.0 Å². The maximum absolute atomic E-state index is 13.5. The molecule has 1 saturated carbocycles. The van der Waals surface area contributed by atoms with Crippen LogP contribution in [0.2, 0.25) is 0 Å². The first-order valence-corrected chi connectivity index (χ1v) is 6.44. The zero-order valence-electron chi connectivity index (χ0n) is 10.7.